The van der Waals surface area contributed by atoms with Gasteiger partial charge in [0.2, 0.25) is 5.91 Å². The third kappa shape index (κ3) is 5.89. The summed E-state index contributed by atoms with van der Waals surface area (Å²) in [6.07, 6.45) is 0.386. The van der Waals surface area contributed by atoms with E-state index in [9.17, 15) is 18.0 Å². The second-order valence-corrected chi connectivity index (χ2v) is 9.10. The summed E-state index contributed by atoms with van der Waals surface area (Å²) < 4.78 is 22.9. The lowest BCUT2D eigenvalue weighted by Gasteiger charge is -2.23. The van der Waals surface area contributed by atoms with Gasteiger partial charge in [0.25, 0.3) is 0 Å². The highest BCUT2D eigenvalue weighted by molar-refractivity contribution is 7.91. The molecule has 0 aliphatic carbocycles. The number of benzene rings is 1. The Balaban J connectivity index is 1.95. The Morgan fingerprint density at radius 2 is 2.00 bits per heavy atom. The van der Waals surface area contributed by atoms with Crippen molar-refractivity contribution in [2.45, 2.75) is 32.4 Å². The Bertz CT molecular complexity index is 752. The molecule has 0 saturated carbocycles. The molecule has 2 rings (SSSR count). The van der Waals surface area contributed by atoms with Crippen molar-refractivity contribution in [3.05, 3.63) is 29.3 Å². The number of anilines is 1. The van der Waals surface area contributed by atoms with Crippen molar-refractivity contribution in [2.75, 3.05) is 16.8 Å². The van der Waals surface area contributed by atoms with Crippen molar-refractivity contribution in [1.82, 2.24) is 10.6 Å². The summed E-state index contributed by atoms with van der Waals surface area (Å²) in [4.78, 5) is 24.6. The summed E-state index contributed by atoms with van der Waals surface area (Å²) in [6, 6.07) is 4.97. The van der Waals surface area contributed by atoms with Crippen molar-refractivity contribution >= 4 is 39.1 Å². The van der Waals surface area contributed by atoms with Crippen molar-refractivity contribution in [2.24, 2.45) is 5.92 Å². The zero-order valence-electron chi connectivity index (χ0n) is 14.1. The molecule has 1 aliphatic heterocycles. The third-order valence-corrected chi connectivity index (χ3v) is 5.90. The molecule has 9 heteroatoms. The van der Waals surface area contributed by atoms with Crippen LogP contribution in [0.4, 0.5) is 10.5 Å². The molecule has 1 aromatic rings. The zero-order chi connectivity index (χ0) is 18.6. The lowest BCUT2D eigenvalue weighted by Crippen LogP contribution is -2.52. The minimum Gasteiger partial charge on any atom is -0.334 e. The first-order valence-electron chi connectivity index (χ1n) is 8.00. The van der Waals surface area contributed by atoms with Crippen LogP contribution < -0.4 is 16.0 Å². The fourth-order valence-corrected chi connectivity index (χ4v) is 4.46. The van der Waals surface area contributed by atoms with Crippen LogP contribution in [-0.4, -0.2) is 43.9 Å². The molecule has 0 bridgehead atoms. The lowest BCUT2D eigenvalue weighted by atomic mass is 10.0. The highest BCUT2D eigenvalue weighted by atomic mass is 35.5. The van der Waals surface area contributed by atoms with E-state index in [1.54, 1.807) is 24.3 Å². The van der Waals surface area contributed by atoms with E-state index in [0.29, 0.717) is 17.1 Å². The number of halogens is 1. The van der Waals surface area contributed by atoms with Crippen molar-refractivity contribution in [3.8, 4) is 0 Å². The predicted molar refractivity (Wildman–Crippen MR) is 97.4 cm³/mol. The van der Waals surface area contributed by atoms with E-state index in [0.717, 1.165) is 0 Å². The Hall–Kier alpha value is -1.80. The fraction of sp³-hybridized carbons (Fsp3) is 0.500. The van der Waals surface area contributed by atoms with E-state index >= 15 is 0 Å². The van der Waals surface area contributed by atoms with Gasteiger partial charge in [0, 0.05) is 16.8 Å². The Kier molecular flexibility index (Phi) is 6.29. The van der Waals surface area contributed by atoms with Gasteiger partial charge in [-0.3, -0.25) is 4.79 Å². The molecule has 3 N–H and O–H groups in total. The maximum absolute atomic E-state index is 12.4. The molecular formula is C16H22ClN3O4S. The quantitative estimate of drug-likeness (QED) is 0.716. The molecule has 1 aromatic carbocycles. The summed E-state index contributed by atoms with van der Waals surface area (Å²) in [5.74, 6) is -0.522. The minimum absolute atomic E-state index is 0.0680. The van der Waals surface area contributed by atoms with Gasteiger partial charge in [-0.05, 0) is 30.5 Å². The van der Waals surface area contributed by atoms with Gasteiger partial charge in [0.15, 0.2) is 9.84 Å². The molecular weight excluding hydrogens is 366 g/mol. The number of nitrogens with one attached hydrogen (secondary N) is 3. The van der Waals surface area contributed by atoms with Crippen LogP contribution in [0.1, 0.15) is 20.3 Å². The molecule has 7 nitrogen and oxygen atoms in total. The Labute approximate surface area is 152 Å². The Morgan fingerprint density at radius 3 is 2.56 bits per heavy atom. The van der Waals surface area contributed by atoms with Crippen LogP contribution in [0.3, 0.4) is 0 Å². The predicted octanol–water partition coefficient (Wildman–Crippen LogP) is 1.79. The number of hydrogen-bond acceptors (Lipinski definition) is 4. The standard InChI is InChI=1S/C16H22ClN3O4S/c1-10(2)14(15(21)18-12-5-3-4-11(17)8-12)20-16(22)19-13-6-7-25(23,24)9-13/h3-5,8,10,13-14H,6-7,9H2,1-2H3,(H,18,21)(H2,19,20,22). The number of carbonyl (C=O) groups excluding carboxylic acids is 2. The molecule has 1 saturated heterocycles. The van der Waals surface area contributed by atoms with Crippen molar-refractivity contribution in [3.63, 3.8) is 0 Å². The van der Waals surface area contributed by atoms with Crippen molar-refractivity contribution < 1.29 is 18.0 Å². The second kappa shape index (κ2) is 8.05. The number of sulfone groups is 1. The van der Waals surface area contributed by atoms with Crippen LogP contribution in [-0.2, 0) is 14.6 Å². The van der Waals surface area contributed by atoms with Gasteiger partial charge in [-0.1, -0.05) is 31.5 Å². The Morgan fingerprint density at radius 1 is 1.28 bits per heavy atom. The fourth-order valence-electron chi connectivity index (χ4n) is 2.60. The maximum atomic E-state index is 12.4. The summed E-state index contributed by atoms with van der Waals surface area (Å²) in [5.41, 5.74) is 0.534. The normalized spacial score (nSPS) is 20.1. The van der Waals surface area contributed by atoms with E-state index in [1.165, 1.54) is 0 Å². The van der Waals surface area contributed by atoms with Crippen LogP contribution in [0.2, 0.25) is 5.02 Å². The average Bonchev–Trinajstić information content (AvgIpc) is 2.83. The van der Waals surface area contributed by atoms with Crippen LogP contribution in [0.15, 0.2) is 24.3 Å². The van der Waals surface area contributed by atoms with Gasteiger partial charge in [0.1, 0.15) is 6.04 Å². The number of rotatable bonds is 5. The first-order valence-corrected chi connectivity index (χ1v) is 10.2. The smallest absolute Gasteiger partial charge is 0.315 e. The number of carbonyl (C=O) groups is 2. The van der Waals surface area contributed by atoms with Gasteiger partial charge >= 0.3 is 6.03 Å². The molecule has 138 valence electrons. The minimum atomic E-state index is -3.08. The highest BCUT2D eigenvalue weighted by Gasteiger charge is 2.30. The van der Waals surface area contributed by atoms with Crippen LogP contribution >= 0.6 is 11.6 Å². The molecule has 1 fully saturated rings. The first-order chi connectivity index (χ1) is 11.7. The molecule has 1 heterocycles. The molecule has 0 aromatic heterocycles. The average molecular weight is 388 g/mol. The third-order valence-electron chi connectivity index (χ3n) is 3.90. The first kappa shape index (κ1) is 19.5. The van der Waals surface area contributed by atoms with Crippen LogP contribution in [0, 0.1) is 5.92 Å². The van der Waals surface area contributed by atoms with Crippen LogP contribution in [0.5, 0.6) is 0 Å². The number of urea groups is 1. The van der Waals surface area contributed by atoms with Gasteiger partial charge in [-0.25, -0.2) is 13.2 Å². The lowest BCUT2D eigenvalue weighted by molar-refractivity contribution is -0.118. The van der Waals surface area contributed by atoms with E-state index in [-0.39, 0.29) is 23.3 Å². The molecule has 2 unspecified atom stereocenters. The van der Waals surface area contributed by atoms with E-state index < -0.39 is 28.0 Å². The zero-order valence-corrected chi connectivity index (χ0v) is 15.7. The summed E-state index contributed by atoms with van der Waals surface area (Å²) in [5, 5.41) is 8.44. The van der Waals surface area contributed by atoms with Gasteiger partial charge in [0.05, 0.1) is 11.5 Å². The summed E-state index contributed by atoms with van der Waals surface area (Å²) in [6.45, 7) is 3.62. The summed E-state index contributed by atoms with van der Waals surface area (Å²) >= 11 is 5.89. The molecule has 0 radical (unpaired) electrons. The van der Waals surface area contributed by atoms with E-state index in [4.69, 9.17) is 11.6 Å². The topological polar surface area (TPSA) is 104 Å². The monoisotopic (exact) mass is 387 g/mol. The highest BCUT2D eigenvalue weighted by Crippen LogP contribution is 2.16. The van der Waals surface area contributed by atoms with Gasteiger partial charge in [-0.2, -0.15) is 0 Å². The SMILES string of the molecule is CC(C)C(NC(=O)NC1CCS(=O)(=O)C1)C(=O)Nc1cccc(Cl)c1. The van der Waals surface area contributed by atoms with E-state index in [1.807, 2.05) is 13.8 Å². The molecule has 25 heavy (non-hydrogen) atoms. The second-order valence-electron chi connectivity index (χ2n) is 6.44. The largest absolute Gasteiger partial charge is 0.334 e. The molecule has 1 aliphatic rings. The molecule has 0 spiro atoms. The molecule has 3 amide bonds. The maximum Gasteiger partial charge on any atom is 0.315 e. The van der Waals surface area contributed by atoms with E-state index in [2.05, 4.69) is 16.0 Å². The number of hydrogen-bond donors (Lipinski definition) is 3. The van der Waals surface area contributed by atoms with Crippen LogP contribution in [0.25, 0.3) is 0 Å². The van der Waals surface area contributed by atoms with Gasteiger partial charge < -0.3 is 16.0 Å². The van der Waals surface area contributed by atoms with Gasteiger partial charge in [-0.15, -0.1) is 0 Å². The summed E-state index contributed by atoms with van der Waals surface area (Å²) in [7, 11) is -3.08. The number of amides is 3. The molecule has 2 atom stereocenters. The van der Waals surface area contributed by atoms with Crippen molar-refractivity contribution in [1.29, 1.82) is 0 Å².